The lowest BCUT2D eigenvalue weighted by atomic mass is 10.2. The van der Waals surface area contributed by atoms with Crippen LogP contribution in [0.3, 0.4) is 0 Å². The van der Waals surface area contributed by atoms with Gasteiger partial charge >= 0.3 is 0 Å². The van der Waals surface area contributed by atoms with Gasteiger partial charge in [-0.2, -0.15) is 0 Å². The second kappa shape index (κ2) is 4.66. The van der Waals surface area contributed by atoms with E-state index in [4.69, 9.17) is 23.2 Å². The molecule has 2 aromatic heterocycles. The highest BCUT2D eigenvalue weighted by Gasteiger charge is 2.16. The van der Waals surface area contributed by atoms with Crippen molar-refractivity contribution in [2.75, 3.05) is 0 Å². The molecular weight excluding hydrogens is 281 g/mol. The number of pyridine rings is 1. The van der Waals surface area contributed by atoms with Crippen molar-refractivity contribution < 1.29 is 0 Å². The number of fused-ring (bicyclic) bond motifs is 3. The highest BCUT2D eigenvalue weighted by molar-refractivity contribution is 6.36. The minimum absolute atomic E-state index is 0.401. The molecule has 2 heterocycles. The summed E-state index contributed by atoms with van der Waals surface area (Å²) in [5, 5.41) is 1.89. The number of rotatable bonds is 2. The number of imidazole rings is 1. The molecule has 0 aliphatic carbocycles. The fourth-order valence-corrected chi connectivity index (χ4v) is 2.77. The number of nitrogens with zero attached hydrogens (tertiary/aromatic N) is 3. The van der Waals surface area contributed by atoms with Crippen LogP contribution in [0.2, 0.25) is 10.4 Å². The summed E-state index contributed by atoms with van der Waals surface area (Å²) in [6.07, 6.45) is 0. The predicted molar refractivity (Wildman–Crippen MR) is 79.9 cm³/mol. The molecule has 0 saturated carbocycles. The normalized spacial score (nSPS) is 11.8. The highest BCUT2D eigenvalue weighted by Crippen LogP contribution is 2.31. The first kappa shape index (κ1) is 12.7. The van der Waals surface area contributed by atoms with E-state index in [-0.39, 0.29) is 0 Å². The number of benzene rings is 1. The Balaban J connectivity index is 2.45. The van der Waals surface area contributed by atoms with Gasteiger partial charge in [0.1, 0.15) is 5.52 Å². The Morgan fingerprint density at radius 2 is 1.89 bits per heavy atom. The molecule has 0 N–H and O–H groups in total. The Morgan fingerprint density at radius 3 is 2.63 bits per heavy atom. The third kappa shape index (κ3) is 2.07. The van der Waals surface area contributed by atoms with E-state index in [9.17, 15) is 0 Å². The van der Waals surface area contributed by atoms with Gasteiger partial charge in [0.15, 0.2) is 5.15 Å². The molecule has 3 nitrogen and oxygen atoms in total. The largest absolute Gasteiger partial charge is 0.314 e. The van der Waals surface area contributed by atoms with E-state index in [2.05, 4.69) is 23.8 Å². The quantitative estimate of drug-likeness (QED) is 0.649. The monoisotopic (exact) mass is 293 g/mol. The topological polar surface area (TPSA) is 30.7 Å². The lowest BCUT2D eigenvalue weighted by Crippen LogP contribution is -2.04. The maximum absolute atomic E-state index is 6.25. The summed E-state index contributed by atoms with van der Waals surface area (Å²) in [6, 6.07) is 7.90. The van der Waals surface area contributed by atoms with E-state index in [1.54, 1.807) is 0 Å². The molecule has 0 aliphatic heterocycles. The van der Waals surface area contributed by atoms with Crippen molar-refractivity contribution >= 4 is 45.1 Å². The first-order chi connectivity index (χ1) is 9.08. The van der Waals surface area contributed by atoms with Crippen LogP contribution >= 0.6 is 23.2 Å². The lowest BCUT2D eigenvalue weighted by molar-refractivity contribution is 0.534. The zero-order valence-corrected chi connectivity index (χ0v) is 12.2. The molecule has 0 unspecified atom stereocenters. The number of aromatic nitrogens is 3. The molecule has 0 aliphatic rings. The Labute approximate surface area is 121 Å². The van der Waals surface area contributed by atoms with Crippen molar-refractivity contribution in [2.45, 2.75) is 20.4 Å². The average molecular weight is 294 g/mol. The molecule has 19 heavy (non-hydrogen) atoms. The summed E-state index contributed by atoms with van der Waals surface area (Å²) < 4.78 is 2.01. The highest BCUT2D eigenvalue weighted by atomic mass is 35.5. The Bertz CT molecular complexity index is 762. The standard InChI is InChI=1S/C14H13Cl2N3/c1-8(2)7-19-12-9-5-3-4-6-10(9)17-13(15)11(12)18-14(19)16/h3-6,8H,7H2,1-2H3. The molecule has 0 fully saturated rings. The second-order valence-corrected chi connectivity index (χ2v) is 5.70. The summed E-state index contributed by atoms with van der Waals surface area (Å²) >= 11 is 12.5. The van der Waals surface area contributed by atoms with Gasteiger partial charge < -0.3 is 4.57 Å². The molecule has 98 valence electrons. The summed E-state index contributed by atoms with van der Waals surface area (Å²) in [6.45, 7) is 5.10. The minimum atomic E-state index is 0.401. The van der Waals surface area contributed by atoms with Gasteiger partial charge in [0.2, 0.25) is 5.28 Å². The second-order valence-electron chi connectivity index (χ2n) is 5.00. The van der Waals surface area contributed by atoms with Gasteiger partial charge in [-0.3, -0.25) is 0 Å². The maximum atomic E-state index is 6.25. The molecule has 3 rings (SSSR count). The van der Waals surface area contributed by atoms with Gasteiger partial charge in [-0.1, -0.05) is 43.6 Å². The van der Waals surface area contributed by atoms with Crippen LogP contribution < -0.4 is 0 Å². The van der Waals surface area contributed by atoms with Crippen molar-refractivity contribution in [3.63, 3.8) is 0 Å². The van der Waals surface area contributed by atoms with Crippen LogP contribution in [0.4, 0.5) is 0 Å². The molecule has 5 heteroatoms. The van der Waals surface area contributed by atoms with Crippen molar-refractivity contribution in [3.8, 4) is 0 Å². The molecule has 3 aromatic rings. The van der Waals surface area contributed by atoms with E-state index in [1.807, 2.05) is 28.8 Å². The zero-order chi connectivity index (χ0) is 13.6. The van der Waals surface area contributed by atoms with E-state index >= 15 is 0 Å². The van der Waals surface area contributed by atoms with Crippen LogP contribution in [-0.4, -0.2) is 14.5 Å². The summed E-state index contributed by atoms with van der Waals surface area (Å²) in [4.78, 5) is 8.72. The molecule has 0 amide bonds. The third-order valence-corrected chi connectivity index (χ3v) is 3.59. The van der Waals surface area contributed by atoms with E-state index in [0.717, 1.165) is 23.0 Å². The fourth-order valence-electron chi connectivity index (χ4n) is 2.30. The van der Waals surface area contributed by atoms with Crippen molar-refractivity contribution in [1.82, 2.24) is 14.5 Å². The molecule has 0 bridgehead atoms. The van der Waals surface area contributed by atoms with E-state index < -0.39 is 0 Å². The molecule has 0 atom stereocenters. The molecule has 1 aromatic carbocycles. The third-order valence-electron chi connectivity index (χ3n) is 3.04. The SMILES string of the molecule is CC(C)Cn1c(Cl)nc2c(Cl)nc3ccccc3c21. The van der Waals surface area contributed by atoms with Crippen LogP contribution in [0.25, 0.3) is 21.9 Å². The Morgan fingerprint density at radius 1 is 1.16 bits per heavy atom. The van der Waals surface area contributed by atoms with E-state index in [0.29, 0.717) is 21.9 Å². The lowest BCUT2D eigenvalue weighted by Gasteiger charge is -2.10. The van der Waals surface area contributed by atoms with Gasteiger partial charge in [0, 0.05) is 11.9 Å². The van der Waals surface area contributed by atoms with Crippen molar-refractivity contribution in [3.05, 3.63) is 34.7 Å². The molecule has 0 radical (unpaired) electrons. The van der Waals surface area contributed by atoms with Gasteiger partial charge in [-0.25, -0.2) is 9.97 Å². The van der Waals surface area contributed by atoms with E-state index in [1.165, 1.54) is 0 Å². The van der Waals surface area contributed by atoms with Gasteiger partial charge in [-0.05, 0) is 23.6 Å². The van der Waals surface area contributed by atoms with Crippen LogP contribution in [0.1, 0.15) is 13.8 Å². The Hall–Kier alpha value is -1.32. The maximum Gasteiger partial charge on any atom is 0.203 e. The Kier molecular flexibility index (Phi) is 3.11. The van der Waals surface area contributed by atoms with Gasteiger partial charge in [-0.15, -0.1) is 0 Å². The number of para-hydroxylation sites is 1. The van der Waals surface area contributed by atoms with Crippen molar-refractivity contribution in [2.24, 2.45) is 5.92 Å². The summed E-state index contributed by atoms with van der Waals surface area (Å²) in [5.74, 6) is 0.473. The smallest absolute Gasteiger partial charge is 0.203 e. The molecule has 0 saturated heterocycles. The van der Waals surface area contributed by atoms with Crippen LogP contribution in [0.15, 0.2) is 24.3 Å². The van der Waals surface area contributed by atoms with Crippen molar-refractivity contribution in [1.29, 1.82) is 0 Å². The summed E-state index contributed by atoms with van der Waals surface area (Å²) in [7, 11) is 0. The molecule has 0 spiro atoms. The number of halogens is 2. The van der Waals surface area contributed by atoms with Gasteiger partial charge in [0.25, 0.3) is 0 Å². The fraction of sp³-hybridized carbons (Fsp3) is 0.286. The first-order valence-electron chi connectivity index (χ1n) is 6.18. The first-order valence-corrected chi connectivity index (χ1v) is 6.93. The van der Waals surface area contributed by atoms with Crippen LogP contribution in [-0.2, 0) is 6.54 Å². The summed E-state index contributed by atoms with van der Waals surface area (Å²) in [5.41, 5.74) is 2.50. The van der Waals surface area contributed by atoms with Gasteiger partial charge in [0.05, 0.1) is 11.0 Å². The number of hydrogen-bond donors (Lipinski definition) is 0. The number of hydrogen-bond acceptors (Lipinski definition) is 2. The predicted octanol–water partition coefficient (Wildman–Crippen LogP) is 4.55. The zero-order valence-electron chi connectivity index (χ0n) is 10.7. The average Bonchev–Trinajstić information content (AvgIpc) is 2.68. The molecular formula is C14H13Cl2N3. The van der Waals surface area contributed by atoms with Crippen LogP contribution in [0, 0.1) is 5.92 Å². The van der Waals surface area contributed by atoms with Crippen LogP contribution in [0.5, 0.6) is 0 Å². The minimum Gasteiger partial charge on any atom is -0.314 e.